The van der Waals surface area contributed by atoms with Crippen LogP contribution in [0.2, 0.25) is 0 Å². The van der Waals surface area contributed by atoms with Gasteiger partial charge in [-0.25, -0.2) is 18.3 Å². The van der Waals surface area contributed by atoms with Crippen molar-refractivity contribution in [3.63, 3.8) is 0 Å². The lowest BCUT2D eigenvalue weighted by molar-refractivity contribution is -0.209. The van der Waals surface area contributed by atoms with Crippen molar-refractivity contribution in [2.24, 2.45) is 0 Å². The van der Waals surface area contributed by atoms with Crippen molar-refractivity contribution in [1.29, 1.82) is 0 Å². The molecule has 0 aromatic rings. The summed E-state index contributed by atoms with van der Waals surface area (Å²) in [5, 5.41) is 21.8. The van der Waals surface area contributed by atoms with E-state index < -0.39 is 99.2 Å². The van der Waals surface area contributed by atoms with Gasteiger partial charge in [-0.2, -0.15) is 0 Å². The molecule has 0 saturated heterocycles. The van der Waals surface area contributed by atoms with Gasteiger partial charge in [0.2, 0.25) is 0 Å². The number of ether oxygens (including phenoxy) is 2. The molecule has 4 unspecified atom stereocenters. The first kappa shape index (κ1) is 66.0. The predicted octanol–water partition coefficient (Wildman–Crippen LogP) is 7.64. The molecule has 0 aromatic carbocycles. The summed E-state index contributed by atoms with van der Waals surface area (Å²) in [6.45, 7) is 2.51. The highest BCUT2D eigenvalue weighted by molar-refractivity contribution is 7.47. The molecule has 23 nitrogen and oxygen atoms in total. The molecule has 69 heavy (non-hydrogen) atoms. The van der Waals surface area contributed by atoms with E-state index in [1.165, 1.54) is 44.9 Å². The molecule has 1 rings (SSSR count). The normalized spacial score (nSPS) is 21.4. The van der Waals surface area contributed by atoms with Crippen LogP contribution >= 0.6 is 31.3 Å². The number of aliphatic hydroxyl groups is 2. The van der Waals surface area contributed by atoms with Crippen LogP contribution in [0.4, 0.5) is 0 Å². The Hall–Kier alpha value is -1.03. The summed E-state index contributed by atoms with van der Waals surface area (Å²) in [5.41, 5.74) is 0. The summed E-state index contributed by atoms with van der Waals surface area (Å²) in [6.07, 6.45) is 7.35. The second-order valence-electron chi connectivity index (χ2n) is 17.6. The first-order valence-electron chi connectivity index (χ1n) is 24.5. The van der Waals surface area contributed by atoms with E-state index in [1.54, 1.807) is 0 Å². The van der Waals surface area contributed by atoms with Crippen molar-refractivity contribution in [2.45, 2.75) is 236 Å². The van der Waals surface area contributed by atoms with E-state index in [0.29, 0.717) is 31.5 Å². The number of hydrogen-bond acceptors (Lipinski definition) is 16. The van der Waals surface area contributed by atoms with Crippen molar-refractivity contribution in [1.82, 2.24) is 0 Å². The summed E-state index contributed by atoms with van der Waals surface area (Å²) < 4.78 is 82.1. The van der Waals surface area contributed by atoms with Gasteiger partial charge in [0.15, 0.2) is 6.10 Å². The summed E-state index contributed by atoms with van der Waals surface area (Å²) >= 11 is 0. The first-order chi connectivity index (χ1) is 32.4. The van der Waals surface area contributed by atoms with Gasteiger partial charge in [-0.15, -0.1) is 0 Å². The Morgan fingerprint density at radius 1 is 0.420 bits per heavy atom. The van der Waals surface area contributed by atoms with Crippen molar-refractivity contribution >= 4 is 49.0 Å². The number of phosphoric ester groups is 4. The van der Waals surface area contributed by atoms with E-state index in [2.05, 4.69) is 20.5 Å². The first-order valence-corrected chi connectivity index (χ1v) is 30.6. The molecule has 0 amide bonds. The zero-order valence-corrected chi connectivity index (χ0v) is 43.9. The number of carbonyl (C=O) groups excluding carboxylic acids is 3. The predicted molar refractivity (Wildman–Crippen MR) is 250 cm³/mol. The highest BCUT2D eigenvalue weighted by atomic mass is 31.2. The third-order valence-corrected chi connectivity index (χ3v) is 13.8. The molecule has 1 aliphatic carbocycles. The molecule has 27 heteroatoms. The fourth-order valence-electron chi connectivity index (χ4n) is 7.79. The van der Waals surface area contributed by atoms with Gasteiger partial charge >= 0.3 is 43.2 Å². The Balaban J connectivity index is 2.89. The van der Waals surface area contributed by atoms with E-state index in [-0.39, 0.29) is 12.8 Å². The number of esters is 2. The molecule has 0 aromatic heterocycles. The molecule has 408 valence electrons. The average Bonchev–Trinajstić information content (AvgIpc) is 3.24. The van der Waals surface area contributed by atoms with Crippen LogP contribution in [-0.4, -0.2) is 118 Å². The van der Waals surface area contributed by atoms with Crippen LogP contribution in [0.5, 0.6) is 0 Å². The standard InChI is InChI=1S/C42H82O23P4/c1-3-5-6-7-8-9-10-11-12-17-20-23-26-30-36(45)61-34(31-59-35(44)29-25-22-19-16-14-13-15-18-21-24-28-33(43)27-4-2)32-60-69(57,58)65-39-37(46)40(62-66(48,49)50)42(64-68(54,55)56)41(38(39)47)63-67(51,52)53/h34,37-42,46-47H,3-32H2,1-2H3,(H,57,58)(H2,48,49,50)(H2,51,52,53)(H2,54,55,56)/t34-,37+,38?,39?,40+,41-,42?/m1/s1. The van der Waals surface area contributed by atoms with Gasteiger partial charge in [0.05, 0.1) is 6.61 Å². The molecule has 1 aliphatic rings. The number of aliphatic hydroxyl groups excluding tert-OH is 2. The van der Waals surface area contributed by atoms with Gasteiger partial charge in [0.25, 0.3) is 0 Å². The summed E-state index contributed by atoms with van der Waals surface area (Å²) in [4.78, 5) is 104. The maximum atomic E-state index is 13.3. The van der Waals surface area contributed by atoms with E-state index in [1.807, 2.05) is 6.92 Å². The van der Waals surface area contributed by atoms with E-state index in [0.717, 1.165) is 96.3 Å². The molecular weight excluding hydrogens is 996 g/mol. The summed E-state index contributed by atoms with van der Waals surface area (Å²) in [5.74, 6) is -1.11. The number of Topliss-reactive ketones (excluding diaryl/α,β-unsaturated/α-hetero) is 1. The van der Waals surface area contributed by atoms with Crippen molar-refractivity contribution in [3.05, 3.63) is 0 Å². The molecule has 9 N–H and O–H groups in total. The SMILES string of the molecule is CCCCCCCCCCCCCCCC(=O)O[C@H](COC(=O)CCCCCCCCCCCCC(=O)CCC)COP(=O)(O)OC1C(O)[C@@H](OP(=O)(O)O)C(OP(=O)(O)O)[C@@H](OP(=O)(O)O)[C@H]1O. The zero-order chi connectivity index (χ0) is 51.9. The topological polar surface area (TPSA) is 366 Å². The van der Waals surface area contributed by atoms with Crippen molar-refractivity contribution < 1.29 is 109 Å². The van der Waals surface area contributed by atoms with Gasteiger partial charge in [-0.3, -0.25) is 37.0 Å². The van der Waals surface area contributed by atoms with Crippen LogP contribution in [0, 0.1) is 0 Å². The number of phosphoric acid groups is 4. The van der Waals surface area contributed by atoms with Crippen LogP contribution in [0.1, 0.15) is 194 Å². The molecule has 0 aliphatic heterocycles. The third kappa shape index (κ3) is 34.2. The van der Waals surface area contributed by atoms with Crippen LogP contribution in [0.15, 0.2) is 0 Å². The Labute approximate surface area is 406 Å². The van der Waals surface area contributed by atoms with Gasteiger partial charge < -0.3 is 53.9 Å². The van der Waals surface area contributed by atoms with Gasteiger partial charge in [0, 0.05) is 25.7 Å². The molecule has 0 radical (unpaired) electrons. The van der Waals surface area contributed by atoms with E-state index in [4.69, 9.17) is 18.5 Å². The van der Waals surface area contributed by atoms with E-state index in [9.17, 15) is 77.1 Å². The van der Waals surface area contributed by atoms with E-state index >= 15 is 0 Å². The number of unbranched alkanes of at least 4 members (excludes halogenated alkanes) is 21. The van der Waals surface area contributed by atoms with Crippen LogP contribution < -0.4 is 0 Å². The molecule has 1 fully saturated rings. The smallest absolute Gasteiger partial charge is 0.462 e. The number of rotatable bonds is 43. The Bertz CT molecular complexity index is 1580. The quantitative estimate of drug-likeness (QED) is 0.0161. The number of ketones is 1. The minimum Gasteiger partial charge on any atom is -0.462 e. The fourth-order valence-corrected chi connectivity index (χ4v) is 10.4. The lowest BCUT2D eigenvalue weighted by Crippen LogP contribution is -2.65. The number of hydrogen-bond donors (Lipinski definition) is 9. The molecule has 1 saturated carbocycles. The summed E-state index contributed by atoms with van der Waals surface area (Å²) in [7, 11) is -23.0. The lowest BCUT2D eigenvalue weighted by atomic mass is 9.85. The largest absolute Gasteiger partial charge is 0.472 e. The van der Waals surface area contributed by atoms with Crippen LogP contribution in [-0.2, 0) is 64.7 Å². The Morgan fingerprint density at radius 2 is 0.783 bits per heavy atom. The zero-order valence-electron chi connectivity index (χ0n) is 40.3. The second-order valence-corrected chi connectivity index (χ2v) is 22.6. The van der Waals surface area contributed by atoms with Crippen LogP contribution in [0.25, 0.3) is 0 Å². The highest BCUT2D eigenvalue weighted by Crippen LogP contribution is 2.53. The Kier molecular flexibility index (Phi) is 34.4. The van der Waals surface area contributed by atoms with Crippen molar-refractivity contribution in [3.8, 4) is 0 Å². The number of carbonyl (C=O) groups is 3. The summed E-state index contributed by atoms with van der Waals surface area (Å²) in [6, 6.07) is 0. The minimum absolute atomic E-state index is 0.0126. The van der Waals surface area contributed by atoms with Gasteiger partial charge in [-0.05, 0) is 25.7 Å². The monoisotopic (exact) mass is 1080 g/mol. The van der Waals surface area contributed by atoms with Crippen molar-refractivity contribution in [2.75, 3.05) is 13.2 Å². The molecular formula is C42H82O23P4. The second kappa shape index (κ2) is 36.0. The van der Waals surface area contributed by atoms with Gasteiger partial charge in [0.1, 0.15) is 49.0 Å². The fraction of sp³-hybridized carbons (Fsp3) is 0.929. The molecule has 8 atom stereocenters. The molecule has 0 spiro atoms. The lowest BCUT2D eigenvalue weighted by Gasteiger charge is -2.45. The maximum Gasteiger partial charge on any atom is 0.472 e. The highest BCUT2D eigenvalue weighted by Gasteiger charge is 2.59. The molecule has 0 heterocycles. The minimum atomic E-state index is -5.79. The van der Waals surface area contributed by atoms with Gasteiger partial charge in [-0.1, -0.05) is 142 Å². The maximum absolute atomic E-state index is 13.3. The average molecular weight is 1080 g/mol. The van der Waals surface area contributed by atoms with Crippen LogP contribution in [0.3, 0.4) is 0 Å². The molecule has 0 bridgehead atoms. The third-order valence-electron chi connectivity index (χ3n) is 11.3. The Morgan fingerprint density at radius 3 is 1.17 bits per heavy atom.